The van der Waals surface area contributed by atoms with Crippen molar-refractivity contribution in [1.29, 1.82) is 0 Å². The number of aryl methyl sites for hydroxylation is 1. The SMILES string of the molecule is Cc1ccc(C(O)CC2CCOC2)cc1F. The van der Waals surface area contributed by atoms with Gasteiger partial charge in [-0.2, -0.15) is 0 Å². The molecule has 1 fully saturated rings. The minimum absolute atomic E-state index is 0.251. The molecule has 0 radical (unpaired) electrons. The van der Waals surface area contributed by atoms with Gasteiger partial charge in [-0.05, 0) is 42.9 Å². The number of rotatable bonds is 3. The summed E-state index contributed by atoms with van der Waals surface area (Å²) in [6, 6.07) is 4.92. The Bertz CT molecular complexity index is 359. The Hall–Kier alpha value is -0.930. The number of hydrogen-bond donors (Lipinski definition) is 1. The quantitative estimate of drug-likeness (QED) is 0.855. The van der Waals surface area contributed by atoms with E-state index in [4.69, 9.17) is 4.74 Å². The molecular weight excluding hydrogens is 207 g/mol. The minimum Gasteiger partial charge on any atom is -0.388 e. The van der Waals surface area contributed by atoms with E-state index in [1.54, 1.807) is 19.1 Å². The fraction of sp³-hybridized carbons (Fsp3) is 0.538. The van der Waals surface area contributed by atoms with Crippen molar-refractivity contribution in [2.45, 2.75) is 25.9 Å². The summed E-state index contributed by atoms with van der Waals surface area (Å²) in [4.78, 5) is 0. The molecule has 0 spiro atoms. The number of ether oxygens (including phenoxy) is 1. The van der Waals surface area contributed by atoms with Crippen molar-refractivity contribution < 1.29 is 14.2 Å². The van der Waals surface area contributed by atoms with E-state index < -0.39 is 6.10 Å². The van der Waals surface area contributed by atoms with Crippen molar-refractivity contribution in [3.05, 3.63) is 35.1 Å². The van der Waals surface area contributed by atoms with Gasteiger partial charge in [0.15, 0.2) is 0 Å². The van der Waals surface area contributed by atoms with E-state index in [-0.39, 0.29) is 5.82 Å². The lowest BCUT2D eigenvalue weighted by Crippen LogP contribution is -2.07. The molecule has 1 N–H and O–H groups in total. The summed E-state index contributed by atoms with van der Waals surface area (Å²) >= 11 is 0. The van der Waals surface area contributed by atoms with E-state index in [0.717, 1.165) is 13.0 Å². The Labute approximate surface area is 95.1 Å². The molecule has 2 unspecified atom stereocenters. The summed E-state index contributed by atoms with van der Waals surface area (Å²) in [5.74, 6) is 0.151. The molecule has 1 aromatic carbocycles. The molecule has 1 aromatic rings. The van der Waals surface area contributed by atoms with E-state index in [0.29, 0.717) is 30.1 Å². The highest BCUT2D eigenvalue weighted by Crippen LogP contribution is 2.27. The Balaban J connectivity index is 2.02. The van der Waals surface area contributed by atoms with Gasteiger partial charge >= 0.3 is 0 Å². The lowest BCUT2D eigenvalue weighted by atomic mass is 9.96. The van der Waals surface area contributed by atoms with Crippen LogP contribution in [-0.2, 0) is 4.74 Å². The second-order valence-electron chi connectivity index (χ2n) is 4.49. The molecule has 1 heterocycles. The van der Waals surface area contributed by atoms with E-state index in [1.807, 2.05) is 0 Å². The average Bonchev–Trinajstić information content (AvgIpc) is 2.74. The third kappa shape index (κ3) is 2.60. The Morgan fingerprint density at radius 2 is 2.38 bits per heavy atom. The zero-order valence-corrected chi connectivity index (χ0v) is 9.45. The molecule has 1 aliphatic heterocycles. The number of hydrogen-bond acceptors (Lipinski definition) is 2. The largest absolute Gasteiger partial charge is 0.388 e. The zero-order chi connectivity index (χ0) is 11.5. The van der Waals surface area contributed by atoms with Gasteiger partial charge < -0.3 is 9.84 Å². The van der Waals surface area contributed by atoms with Crippen LogP contribution >= 0.6 is 0 Å². The normalized spacial score (nSPS) is 22.3. The van der Waals surface area contributed by atoms with Crippen molar-refractivity contribution in [3.8, 4) is 0 Å². The smallest absolute Gasteiger partial charge is 0.126 e. The van der Waals surface area contributed by atoms with E-state index in [2.05, 4.69) is 0 Å². The van der Waals surface area contributed by atoms with Crippen LogP contribution < -0.4 is 0 Å². The van der Waals surface area contributed by atoms with Crippen LogP contribution in [0.3, 0.4) is 0 Å². The van der Waals surface area contributed by atoms with Crippen molar-refractivity contribution in [2.24, 2.45) is 5.92 Å². The Morgan fingerprint density at radius 3 is 3.00 bits per heavy atom. The van der Waals surface area contributed by atoms with Gasteiger partial charge in [0.2, 0.25) is 0 Å². The predicted octanol–water partition coefficient (Wildman–Crippen LogP) is 2.59. The summed E-state index contributed by atoms with van der Waals surface area (Å²) in [5, 5.41) is 9.97. The van der Waals surface area contributed by atoms with Crippen molar-refractivity contribution in [1.82, 2.24) is 0 Å². The lowest BCUT2D eigenvalue weighted by molar-refractivity contribution is 0.129. The molecular formula is C13H17FO2. The molecule has 1 aliphatic rings. The number of aliphatic hydroxyl groups excluding tert-OH is 1. The third-order valence-electron chi connectivity index (χ3n) is 3.16. The highest BCUT2D eigenvalue weighted by Gasteiger charge is 2.20. The van der Waals surface area contributed by atoms with Gasteiger partial charge in [0.1, 0.15) is 5.82 Å². The third-order valence-corrected chi connectivity index (χ3v) is 3.16. The van der Waals surface area contributed by atoms with Crippen LogP contribution in [0.2, 0.25) is 0 Å². The molecule has 88 valence electrons. The molecule has 0 saturated carbocycles. The maximum Gasteiger partial charge on any atom is 0.126 e. The van der Waals surface area contributed by atoms with Gasteiger partial charge in [0.25, 0.3) is 0 Å². The fourth-order valence-corrected chi connectivity index (χ4v) is 2.04. The van der Waals surface area contributed by atoms with Crippen molar-refractivity contribution >= 4 is 0 Å². The molecule has 2 nitrogen and oxygen atoms in total. The van der Waals surface area contributed by atoms with Gasteiger partial charge in [-0.15, -0.1) is 0 Å². The first-order valence-corrected chi connectivity index (χ1v) is 5.68. The fourth-order valence-electron chi connectivity index (χ4n) is 2.04. The molecule has 0 bridgehead atoms. The van der Waals surface area contributed by atoms with Crippen LogP contribution in [0.4, 0.5) is 4.39 Å². The Morgan fingerprint density at radius 1 is 1.56 bits per heavy atom. The standard InChI is InChI=1S/C13H17FO2/c1-9-2-3-11(7-12(9)14)13(15)6-10-4-5-16-8-10/h2-3,7,10,13,15H,4-6,8H2,1H3. The molecule has 3 heteroatoms. The van der Waals surface area contributed by atoms with E-state index in [1.165, 1.54) is 6.07 Å². The highest BCUT2D eigenvalue weighted by molar-refractivity contribution is 5.24. The summed E-state index contributed by atoms with van der Waals surface area (Å²) in [5.41, 5.74) is 1.27. The first kappa shape index (κ1) is 11.6. The van der Waals surface area contributed by atoms with E-state index in [9.17, 15) is 9.50 Å². The van der Waals surface area contributed by atoms with Gasteiger partial charge in [-0.1, -0.05) is 12.1 Å². The monoisotopic (exact) mass is 224 g/mol. The van der Waals surface area contributed by atoms with Crippen molar-refractivity contribution in [2.75, 3.05) is 13.2 Å². The van der Waals surface area contributed by atoms with Crippen LogP contribution in [0.15, 0.2) is 18.2 Å². The van der Waals surface area contributed by atoms with Gasteiger partial charge in [-0.3, -0.25) is 0 Å². The van der Waals surface area contributed by atoms with Crippen LogP contribution in [0.5, 0.6) is 0 Å². The summed E-state index contributed by atoms with van der Waals surface area (Å²) < 4.78 is 18.6. The van der Waals surface area contributed by atoms with Crippen LogP contribution in [-0.4, -0.2) is 18.3 Å². The first-order valence-electron chi connectivity index (χ1n) is 5.68. The summed E-state index contributed by atoms with van der Waals surface area (Å²) in [7, 11) is 0. The van der Waals surface area contributed by atoms with Crippen molar-refractivity contribution in [3.63, 3.8) is 0 Å². The second kappa shape index (κ2) is 4.93. The first-order chi connectivity index (χ1) is 7.66. The molecule has 2 rings (SSSR count). The number of aliphatic hydroxyl groups is 1. The lowest BCUT2D eigenvalue weighted by Gasteiger charge is -2.15. The maximum absolute atomic E-state index is 13.3. The molecule has 0 amide bonds. The van der Waals surface area contributed by atoms with Crippen LogP contribution in [0, 0.1) is 18.7 Å². The van der Waals surface area contributed by atoms with Gasteiger partial charge in [0.05, 0.1) is 6.10 Å². The maximum atomic E-state index is 13.3. The molecule has 2 atom stereocenters. The summed E-state index contributed by atoms with van der Waals surface area (Å²) in [6.45, 7) is 3.21. The minimum atomic E-state index is -0.582. The van der Waals surface area contributed by atoms with Crippen LogP contribution in [0.1, 0.15) is 30.1 Å². The van der Waals surface area contributed by atoms with Gasteiger partial charge in [0, 0.05) is 13.2 Å². The topological polar surface area (TPSA) is 29.5 Å². The zero-order valence-electron chi connectivity index (χ0n) is 9.45. The molecule has 16 heavy (non-hydrogen) atoms. The molecule has 1 saturated heterocycles. The molecule has 0 aromatic heterocycles. The Kier molecular flexibility index (Phi) is 3.56. The van der Waals surface area contributed by atoms with E-state index >= 15 is 0 Å². The number of halogens is 1. The predicted molar refractivity (Wildman–Crippen MR) is 59.6 cm³/mol. The highest BCUT2D eigenvalue weighted by atomic mass is 19.1. The second-order valence-corrected chi connectivity index (χ2v) is 4.49. The number of benzene rings is 1. The summed E-state index contributed by atoms with van der Waals surface area (Å²) in [6.07, 6.45) is 1.07. The molecule has 0 aliphatic carbocycles. The van der Waals surface area contributed by atoms with Crippen LogP contribution in [0.25, 0.3) is 0 Å². The van der Waals surface area contributed by atoms with Gasteiger partial charge in [-0.25, -0.2) is 4.39 Å². The average molecular weight is 224 g/mol.